The maximum Gasteiger partial charge on any atom is 0.0329 e. The van der Waals surface area contributed by atoms with Crippen LogP contribution in [-0.4, -0.2) is 0 Å². The normalized spacial score (nSPS) is 28.2. The minimum atomic E-state index is 0.567. The molecule has 1 N–H and O–H groups in total. The van der Waals surface area contributed by atoms with Crippen molar-refractivity contribution in [3.8, 4) is 12.3 Å². The topological polar surface area (TPSA) is 12.0 Å². The zero-order valence-corrected chi connectivity index (χ0v) is 8.09. The molecule has 3 rings (SSSR count). The molecule has 14 heavy (non-hydrogen) atoms. The molecule has 2 atom stereocenters. The van der Waals surface area contributed by atoms with Crippen molar-refractivity contribution < 1.29 is 0 Å². The molecule has 0 amide bonds. The third kappa shape index (κ3) is 1.01. The first-order chi connectivity index (χ1) is 6.88. The summed E-state index contributed by atoms with van der Waals surface area (Å²) in [5.74, 6) is 2.71. The standard InChI is InChI=1S/C13H13N/c1-2-9-6-7-10-11(8-9)13-5-3-4-12(10)14-13/h1,6-8,12-14H,3-5H2. The van der Waals surface area contributed by atoms with Gasteiger partial charge in [0.2, 0.25) is 0 Å². The molecule has 2 bridgehead atoms. The van der Waals surface area contributed by atoms with E-state index in [4.69, 9.17) is 6.42 Å². The Morgan fingerprint density at radius 1 is 1.21 bits per heavy atom. The van der Waals surface area contributed by atoms with Gasteiger partial charge in [-0.1, -0.05) is 12.0 Å². The van der Waals surface area contributed by atoms with Crippen LogP contribution >= 0.6 is 0 Å². The van der Waals surface area contributed by atoms with Gasteiger partial charge in [0.15, 0.2) is 0 Å². The number of rotatable bonds is 0. The molecule has 0 radical (unpaired) electrons. The first kappa shape index (κ1) is 8.08. The number of terminal acetylenes is 1. The molecule has 0 aromatic heterocycles. The van der Waals surface area contributed by atoms with Crippen molar-refractivity contribution in [1.82, 2.24) is 5.32 Å². The van der Waals surface area contributed by atoms with Crippen LogP contribution in [0.2, 0.25) is 0 Å². The van der Waals surface area contributed by atoms with Gasteiger partial charge in [0, 0.05) is 17.6 Å². The monoisotopic (exact) mass is 183 g/mol. The zero-order valence-electron chi connectivity index (χ0n) is 8.09. The maximum atomic E-state index is 5.41. The lowest BCUT2D eigenvalue weighted by Gasteiger charge is -2.20. The summed E-state index contributed by atoms with van der Waals surface area (Å²) in [4.78, 5) is 0. The van der Waals surface area contributed by atoms with Crippen molar-refractivity contribution in [2.45, 2.75) is 31.3 Å². The smallest absolute Gasteiger partial charge is 0.0329 e. The summed E-state index contributed by atoms with van der Waals surface area (Å²) in [6.07, 6.45) is 9.28. The third-order valence-corrected chi connectivity index (χ3v) is 3.39. The molecule has 1 fully saturated rings. The Kier molecular flexibility index (Phi) is 1.65. The van der Waals surface area contributed by atoms with Crippen LogP contribution in [0.25, 0.3) is 0 Å². The Balaban J connectivity index is 2.14. The number of piperidine rings is 1. The fourth-order valence-corrected chi connectivity index (χ4v) is 2.71. The average molecular weight is 183 g/mol. The highest BCUT2D eigenvalue weighted by Gasteiger charge is 2.33. The fraction of sp³-hybridized carbons (Fsp3) is 0.385. The Morgan fingerprint density at radius 3 is 2.79 bits per heavy atom. The Labute approximate surface area is 84.5 Å². The van der Waals surface area contributed by atoms with Crippen LogP contribution in [-0.2, 0) is 0 Å². The van der Waals surface area contributed by atoms with Crippen LogP contribution in [0.3, 0.4) is 0 Å². The van der Waals surface area contributed by atoms with Crippen molar-refractivity contribution in [2.75, 3.05) is 0 Å². The van der Waals surface area contributed by atoms with Crippen molar-refractivity contribution in [2.24, 2.45) is 0 Å². The highest BCUT2D eigenvalue weighted by Crippen LogP contribution is 2.42. The summed E-state index contributed by atoms with van der Waals surface area (Å²) in [7, 11) is 0. The molecule has 1 saturated heterocycles. The van der Waals surface area contributed by atoms with Gasteiger partial charge in [-0.05, 0) is 42.5 Å². The molecule has 2 aliphatic heterocycles. The lowest BCUT2D eigenvalue weighted by Crippen LogP contribution is -2.22. The van der Waals surface area contributed by atoms with Gasteiger partial charge in [0.25, 0.3) is 0 Å². The molecule has 70 valence electrons. The predicted octanol–water partition coefficient (Wildman–Crippen LogP) is 2.54. The average Bonchev–Trinajstić information content (AvgIpc) is 2.51. The molecule has 2 unspecified atom stereocenters. The number of fused-ring (bicyclic) bond motifs is 5. The molecule has 2 heterocycles. The second-order valence-corrected chi connectivity index (χ2v) is 4.19. The highest BCUT2D eigenvalue weighted by molar-refractivity contribution is 5.45. The number of nitrogens with one attached hydrogen (secondary N) is 1. The SMILES string of the molecule is C#Cc1ccc2c(c1)C1CCCC2N1. The van der Waals surface area contributed by atoms with Crippen molar-refractivity contribution in [3.05, 3.63) is 34.9 Å². The minimum Gasteiger partial charge on any atom is -0.303 e. The molecule has 0 aliphatic carbocycles. The van der Waals surface area contributed by atoms with E-state index < -0.39 is 0 Å². The summed E-state index contributed by atoms with van der Waals surface area (Å²) in [6, 6.07) is 7.60. The first-order valence-corrected chi connectivity index (χ1v) is 5.25. The van der Waals surface area contributed by atoms with Crippen LogP contribution in [0, 0.1) is 12.3 Å². The summed E-state index contributed by atoms with van der Waals surface area (Å²) >= 11 is 0. The van der Waals surface area contributed by atoms with Crippen LogP contribution in [0.1, 0.15) is 48.0 Å². The molecule has 0 spiro atoms. The van der Waals surface area contributed by atoms with Gasteiger partial charge in [-0.3, -0.25) is 0 Å². The quantitative estimate of drug-likeness (QED) is 0.609. The summed E-state index contributed by atoms with van der Waals surface area (Å²) in [6.45, 7) is 0. The van der Waals surface area contributed by atoms with Crippen LogP contribution in [0.4, 0.5) is 0 Å². The van der Waals surface area contributed by atoms with Crippen LogP contribution in [0.5, 0.6) is 0 Å². The third-order valence-electron chi connectivity index (χ3n) is 3.39. The largest absolute Gasteiger partial charge is 0.303 e. The molecular formula is C13H13N. The van der Waals surface area contributed by atoms with E-state index in [9.17, 15) is 0 Å². The van der Waals surface area contributed by atoms with E-state index in [1.807, 2.05) is 0 Å². The lowest BCUT2D eigenvalue weighted by molar-refractivity contribution is 0.370. The van der Waals surface area contributed by atoms with Crippen molar-refractivity contribution in [1.29, 1.82) is 0 Å². The Hall–Kier alpha value is -1.26. The van der Waals surface area contributed by atoms with Crippen LogP contribution < -0.4 is 5.32 Å². The minimum absolute atomic E-state index is 0.567. The van der Waals surface area contributed by atoms with E-state index in [1.54, 1.807) is 0 Å². The molecule has 1 aromatic carbocycles. The van der Waals surface area contributed by atoms with E-state index in [1.165, 1.54) is 30.4 Å². The van der Waals surface area contributed by atoms with Gasteiger partial charge in [-0.15, -0.1) is 6.42 Å². The summed E-state index contributed by atoms with van der Waals surface area (Å²) in [5.41, 5.74) is 3.94. The van der Waals surface area contributed by atoms with E-state index in [2.05, 4.69) is 29.4 Å². The molecule has 1 heteroatoms. The summed E-state index contributed by atoms with van der Waals surface area (Å²) in [5, 5.41) is 3.64. The molecule has 0 saturated carbocycles. The fourth-order valence-electron chi connectivity index (χ4n) is 2.71. The van der Waals surface area contributed by atoms with E-state index in [0.717, 1.165) is 5.56 Å². The van der Waals surface area contributed by atoms with Crippen LogP contribution in [0.15, 0.2) is 18.2 Å². The van der Waals surface area contributed by atoms with E-state index in [-0.39, 0.29) is 0 Å². The number of hydrogen-bond donors (Lipinski definition) is 1. The van der Waals surface area contributed by atoms with E-state index in [0.29, 0.717) is 12.1 Å². The second kappa shape index (κ2) is 2.87. The molecule has 1 nitrogen and oxygen atoms in total. The molecular weight excluding hydrogens is 170 g/mol. The first-order valence-electron chi connectivity index (χ1n) is 5.25. The predicted molar refractivity (Wildman–Crippen MR) is 56.8 cm³/mol. The number of hydrogen-bond acceptors (Lipinski definition) is 1. The maximum absolute atomic E-state index is 5.41. The van der Waals surface area contributed by atoms with Crippen molar-refractivity contribution >= 4 is 0 Å². The molecule has 1 aromatic rings. The van der Waals surface area contributed by atoms with Gasteiger partial charge in [-0.2, -0.15) is 0 Å². The number of benzene rings is 1. The molecule has 2 aliphatic rings. The summed E-state index contributed by atoms with van der Waals surface area (Å²) < 4.78 is 0. The van der Waals surface area contributed by atoms with Gasteiger partial charge in [-0.25, -0.2) is 0 Å². The van der Waals surface area contributed by atoms with Gasteiger partial charge < -0.3 is 5.32 Å². The van der Waals surface area contributed by atoms with Gasteiger partial charge in [0.05, 0.1) is 0 Å². The van der Waals surface area contributed by atoms with Gasteiger partial charge in [0.1, 0.15) is 0 Å². The lowest BCUT2D eigenvalue weighted by atomic mass is 10.0. The van der Waals surface area contributed by atoms with E-state index >= 15 is 0 Å². The highest BCUT2D eigenvalue weighted by atomic mass is 15.0. The second-order valence-electron chi connectivity index (χ2n) is 4.19. The Bertz CT molecular complexity index is 414. The zero-order chi connectivity index (χ0) is 9.54. The van der Waals surface area contributed by atoms with Gasteiger partial charge >= 0.3 is 0 Å². The Morgan fingerprint density at radius 2 is 2.00 bits per heavy atom. The van der Waals surface area contributed by atoms with Crippen molar-refractivity contribution in [3.63, 3.8) is 0 Å².